The minimum atomic E-state index is -1.16. The molecule has 8 heteroatoms. The Labute approximate surface area is 115 Å². The molecule has 20 heavy (non-hydrogen) atoms. The fourth-order valence-corrected chi connectivity index (χ4v) is 1.76. The highest BCUT2D eigenvalue weighted by molar-refractivity contribution is 5.89. The Morgan fingerprint density at radius 1 is 1.30 bits per heavy atom. The predicted octanol–water partition coefficient (Wildman–Crippen LogP) is -1.66. The molecule has 0 spiro atoms. The lowest BCUT2D eigenvalue weighted by molar-refractivity contribution is -0.138. The van der Waals surface area contributed by atoms with Crippen LogP contribution in [0, 0.1) is 5.92 Å². The summed E-state index contributed by atoms with van der Waals surface area (Å²) in [4.78, 5) is 45.9. The molecule has 0 saturated carbocycles. The average molecular weight is 283 g/mol. The third-order valence-electron chi connectivity index (χ3n) is 2.80. The van der Waals surface area contributed by atoms with Crippen LogP contribution in [0.2, 0.25) is 0 Å². The number of aliphatic carboxylic acids is 1. The molecule has 0 aromatic heterocycles. The second kappa shape index (κ2) is 7.27. The van der Waals surface area contributed by atoms with E-state index < -0.39 is 24.3 Å². The third-order valence-corrected chi connectivity index (χ3v) is 2.80. The molecule has 0 aromatic carbocycles. The molecule has 3 N–H and O–H groups in total. The SMILES string of the molecule is C=CC1CC(=O)N(CC(=O)NCC(=O)NCC(=O)O)C1. The molecule has 1 fully saturated rings. The zero-order valence-corrected chi connectivity index (χ0v) is 10.9. The summed E-state index contributed by atoms with van der Waals surface area (Å²) in [7, 11) is 0. The number of hydrogen-bond donors (Lipinski definition) is 3. The van der Waals surface area contributed by atoms with Crippen LogP contribution in [-0.2, 0) is 19.2 Å². The molecule has 1 aliphatic rings. The van der Waals surface area contributed by atoms with Crippen LogP contribution in [-0.4, -0.2) is 59.9 Å². The molecule has 0 radical (unpaired) electrons. The van der Waals surface area contributed by atoms with E-state index in [1.165, 1.54) is 4.90 Å². The van der Waals surface area contributed by atoms with Crippen LogP contribution < -0.4 is 10.6 Å². The minimum absolute atomic E-state index is 0.0502. The molecule has 8 nitrogen and oxygen atoms in total. The molecule has 1 heterocycles. The Kier molecular flexibility index (Phi) is 5.70. The summed E-state index contributed by atoms with van der Waals surface area (Å²) in [6.07, 6.45) is 2.02. The Balaban J connectivity index is 2.27. The first-order valence-corrected chi connectivity index (χ1v) is 6.08. The number of carbonyl (C=O) groups is 4. The van der Waals surface area contributed by atoms with Gasteiger partial charge in [-0.05, 0) is 0 Å². The second-order valence-electron chi connectivity index (χ2n) is 4.42. The summed E-state index contributed by atoms with van der Waals surface area (Å²) >= 11 is 0. The zero-order valence-electron chi connectivity index (χ0n) is 10.9. The van der Waals surface area contributed by atoms with E-state index in [0.717, 1.165) is 0 Å². The van der Waals surface area contributed by atoms with E-state index in [1.54, 1.807) is 6.08 Å². The van der Waals surface area contributed by atoms with E-state index in [1.807, 2.05) is 0 Å². The van der Waals surface area contributed by atoms with E-state index in [4.69, 9.17) is 5.11 Å². The van der Waals surface area contributed by atoms with Gasteiger partial charge in [0.2, 0.25) is 17.7 Å². The molecule has 1 atom stereocenters. The topological polar surface area (TPSA) is 116 Å². The molecule has 0 bridgehead atoms. The van der Waals surface area contributed by atoms with Crippen molar-refractivity contribution in [2.45, 2.75) is 6.42 Å². The van der Waals surface area contributed by atoms with Gasteiger partial charge in [0.15, 0.2) is 0 Å². The molecule has 110 valence electrons. The van der Waals surface area contributed by atoms with Crippen molar-refractivity contribution in [2.24, 2.45) is 5.92 Å². The summed E-state index contributed by atoms with van der Waals surface area (Å²) in [6.45, 7) is 3.11. The highest BCUT2D eigenvalue weighted by Crippen LogP contribution is 2.17. The molecule has 1 aliphatic heterocycles. The number of rotatable bonds is 7. The first kappa shape index (κ1) is 15.7. The Hall–Kier alpha value is -2.38. The molecule has 1 unspecified atom stereocenters. The zero-order chi connectivity index (χ0) is 15.1. The van der Waals surface area contributed by atoms with Gasteiger partial charge in [-0.15, -0.1) is 6.58 Å². The van der Waals surface area contributed by atoms with Crippen LogP contribution >= 0.6 is 0 Å². The van der Waals surface area contributed by atoms with E-state index in [2.05, 4.69) is 17.2 Å². The highest BCUT2D eigenvalue weighted by Gasteiger charge is 2.28. The van der Waals surface area contributed by atoms with Gasteiger partial charge in [-0.1, -0.05) is 6.08 Å². The summed E-state index contributed by atoms with van der Waals surface area (Å²) < 4.78 is 0. The lowest BCUT2D eigenvalue weighted by Gasteiger charge is -2.15. The normalized spacial score (nSPS) is 17.7. The first-order valence-electron chi connectivity index (χ1n) is 6.08. The molecule has 1 rings (SSSR count). The van der Waals surface area contributed by atoms with Gasteiger partial charge < -0.3 is 20.6 Å². The van der Waals surface area contributed by atoms with Gasteiger partial charge in [0.1, 0.15) is 6.54 Å². The van der Waals surface area contributed by atoms with Crippen molar-refractivity contribution in [3.8, 4) is 0 Å². The molecular formula is C12H17N3O5. The van der Waals surface area contributed by atoms with Crippen molar-refractivity contribution in [3.05, 3.63) is 12.7 Å². The lowest BCUT2D eigenvalue weighted by atomic mass is 10.1. The van der Waals surface area contributed by atoms with Crippen LogP contribution in [0.25, 0.3) is 0 Å². The minimum Gasteiger partial charge on any atom is -0.480 e. The van der Waals surface area contributed by atoms with Crippen molar-refractivity contribution in [1.29, 1.82) is 0 Å². The Morgan fingerprint density at radius 3 is 2.50 bits per heavy atom. The van der Waals surface area contributed by atoms with E-state index in [0.29, 0.717) is 13.0 Å². The average Bonchev–Trinajstić information content (AvgIpc) is 2.74. The van der Waals surface area contributed by atoms with Gasteiger partial charge in [-0.25, -0.2) is 0 Å². The second-order valence-corrected chi connectivity index (χ2v) is 4.42. The van der Waals surface area contributed by atoms with Crippen molar-refractivity contribution in [1.82, 2.24) is 15.5 Å². The van der Waals surface area contributed by atoms with Crippen molar-refractivity contribution >= 4 is 23.7 Å². The van der Waals surface area contributed by atoms with Crippen LogP contribution in [0.5, 0.6) is 0 Å². The number of carboxylic acid groups (broad SMARTS) is 1. The number of carbonyl (C=O) groups excluding carboxylic acids is 3. The molecule has 0 aliphatic carbocycles. The van der Waals surface area contributed by atoms with Gasteiger partial charge in [-0.2, -0.15) is 0 Å². The van der Waals surface area contributed by atoms with E-state index >= 15 is 0 Å². The maximum absolute atomic E-state index is 11.6. The maximum atomic E-state index is 11.6. The Bertz CT molecular complexity index is 435. The maximum Gasteiger partial charge on any atom is 0.322 e. The fourth-order valence-electron chi connectivity index (χ4n) is 1.76. The lowest BCUT2D eigenvalue weighted by Crippen LogP contribution is -2.43. The summed E-state index contributed by atoms with van der Waals surface area (Å²) in [5.74, 6) is -2.30. The number of carboxylic acids is 1. The number of nitrogens with zero attached hydrogens (tertiary/aromatic N) is 1. The summed E-state index contributed by atoms with van der Waals surface area (Å²) in [5, 5.41) is 12.8. The summed E-state index contributed by atoms with van der Waals surface area (Å²) in [6, 6.07) is 0. The fraction of sp³-hybridized carbons (Fsp3) is 0.500. The quantitative estimate of drug-likeness (QED) is 0.483. The third kappa shape index (κ3) is 5.09. The largest absolute Gasteiger partial charge is 0.480 e. The van der Waals surface area contributed by atoms with Crippen LogP contribution in [0.1, 0.15) is 6.42 Å². The first-order chi connectivity index (χ1) is 9.42. The number of amides is 3. The Morgan fingerprint density at radius 2 is 1.95 bits per heavy atom. The highest BCUT2D eigenvalue weighted by atomic mass is 16.4. The predicted molar refractivity (Wildman–Crippen MR) is 68.5 cm³/mol. The molecule has 1 saturated heterocycles. The van der Waals surface area contributed by atoms with E-state index in [9.17, 15) is 19.2 Å². The number of hydrogen-bond acceptors (Lipinski definition) is 4. The van der Waals surface area contributed by atoms with Gasteiger partial charge in [0, 0.05) is 18.9 Å². The standard InChI is InChI=1S/C12H17N3O5/c1-2-8-3-11(18)15(6-8)7-10(17)13-4-9(16)14-5-12(19)20/h2,8H,1,3-7H2,(H,13,17)(H,14,16)(H,19,20). The molecule has 3 amide bonds. The van der Waals surface area contributed by atoms with E-state index in [-0.39, 0.29) is 24.9 Å². The van der Waals surface area contributed by atoms with Crippen molar-refractivity contribution in [3.63, 3.8) is 0 Å². The van der Waals surface area contributed by atoms with Gasteiger partial charge in [-0.3, -0.25) is 19.2 Å². The monoisotopic (exact) mass is 283 g/mol. The molecule has 0 aromatic rings. The smallest absolute Gasteiger partial charge is 0.322 e. The van der Waals surface area contributed by atoms with Crippen molar-refractivity contribution < 1.29 is 24.3 Å². The summed E-state index contributed by atoms with van der Waals surface area (Å²) in [5.41, 5.74) is 0. The number of nitrogens with one attached hydrogen (secondary N) is 2. The van der Waals surface area contributed by atoms with Crippen molar-refractivity contribution in [2.75, 3.05) is 26.2 Å². The number of likely N-dealkylation sites (tertiary alicyclic amines) is 1. The van der Waals surface area contributed by atoms with Gasteiger partial charge in [0.05, 0.1) is 13.1 Å². The van der Waals surface area contributed by atoms with Gasteiger partial charge in [0.25, 0.3) is 0 Å². The van der Waals surface area contributed by atoms with Crippen LogP contribution in [0.4, 0.5) is 0 Å². The van der Waals surface area contributed by atoms with Crippen LogP contribution in [0.15, 0.2) is 12.7 Å². The molecular weight excluding hydrogens is 266 g/mol. The van der Waals surface area contributed by atoms with Gasteiger partial charge >= 0.3 is 5.97 Å². The van der Waals surface area contributed by atoms with Crippen LogP contribution in [0.3, 0.4) is 0 Å².